The van der Waals surface area contributed by atoms with Crippen molar-refractivity contribution in [2.45, 2.75) is 20.8 Å². The van der Waals surface area contributed by atoms with Crippen molar-refractivity contribution in [2.24, 2.45) is 5.92 Å². The number of rotatable bonds is 6. The van der Waals surface area contributed by atoms with Crippen molar-refractivity contribution in [1.29, 1.82) is 0 Å². The average molecular weight is 477 g/mol. The molecule has 0 bridgehead atoms. The molecule has 7 heteroatoms. The molecule has 1 N–H and O–H groups in total. The van der Waals surface area contributed by atoms with Crippen LogP contribution in [0.1, 0.15) is 26.6 Å². The fraction of sp³-hybridized carbons (Fsp3) is 0.250. The largest absolute Gasteiger partial charge is 0.359 e. The quantitative estimate of drug-likeness (QED) is 0.448. The number of halogens is 2. The molecule has 0 atom stereocenters. The lowest BCUT2D eigenvalue weighted by atomic mass is 9.97. The Morgan fingerprint density at radius 1 is 1.14 bits per heavy atom. The third kappa shape index (κ3) is 5.45. The van der Waals surface area contributed by atoms with E-state index in [0.29, 0.717) is 41.4 Å². The second kappa shape index (κ2) is 11.5. The molecule has 3 aromatic rings. The van der Waals surface area contributed by atoms with Gasteiger partial charge in [0.2, 0.25) is 5.91 Å². The number of anilines is 1. The van der Waals surface area contributed by atoms with Gasteiger partial charge in [-0.1, -0.05) is 50.8 Å². The summed E-state index contributed by atoms with van der Waals surface area (Å²) < 4.78 is 27.8. The summed E-state index contributed by atoms with van der Waals surface area (Å²) >= 11 is 0. The van der Waals surface area contributed by atoms with Crippen LogP contribution in [-0.2, 0) is 4.79 Å². The molecule has 0 aliphatic carbocycles. The summed E-state index contributed by atoms with van der Waals surface area (Å²) in [7, 11) is 1.62. The van der Waals surface area contributed by atoms with Crippen molar-refractivity contribution in [2.75, 3.05) is 25.0 Å². The van der Waals surface area contributed by atoms with Crippen molar-refractivity contribution >= 4 is 28.2 Å². The summed E-state index contributed by atoms with van der Waals surface area (Å²) in [6, 6.07) is 8.88. The average Bonchev–Trinajstić information content (AvgIpc) is 2.84. The number of nitrogens with one attached hydrogen (secondary N) is 1. The first kappa shape index (κ1) is 25.7. The van der Waals surface area contributed by atoms with Gasteiger partial charge in [0.1, 0.15) is 17.5 Å². The molecular weight excluding hydrogens is 446 g/mol. The highest BCUT2D eigenvalue weighted by Crippen LogP contribution is 2.34. The van der Waals surface area contributed by atoms with E-state index in [1.807, 2.05) is 43.9 Å². The summed E-state index contributed by atoms with van der Waals surface area (Å²) in [6.07, 6.45) is 7.36. The van der Waals surface area contributed by atoms with E-state index in [0.717, 1.165) is 17.0 Å². The monoisotopic (exact) mass is 476 g/mol. The van der Waals surface area contributed by atoms with Gasteiger partial charge in [-0.3, -0.25) is 4.79 Å². The van der Waals surface area contributed by atoms with Gasteiger partial charge in [0.25, 0.3) is 0 Å². The number of benzene rings is 2. The SMILES string of the molecule is C=C/C(=C\C=C/C)c1nc(N2CC(C(=O)NC)C2)c2cc(-c3ccc(F)cc3F)ccc2n1.CC. The Morgan fingerprint density at radius 3 is 2.51 bits per heavy atom. The van der Waals surface area contributed by atoms with E-state index in [4.69, 9.17) is 9.97 Å². The molecule has 1 aliphatic rings. The Hall–Kier alpha value is -3.87. The van der Waals surface area contributed by atoms with E-state index < -0.39 is 11.6 Å². The number of hydrogen-bond donors (Lipinski definition) is 1. The highest BCUT2D eigenvalue weighted by molar-refractivity contribution is 5.95. The highest BCUT2D eigenvalue weighted by atomic mass is 19.1. The van der Waals surface area contributed by atoms with Crippen LogP contribution >= 0.6 is 0 Å². The zero-order valence-electron chi connectivity index (χ0n) is 20.5. The fourth-order valence-electron chi connectivity index (χ4n) is 3.83. The lowest BCUT2D eigenvalue weighted by Gasteiger charge is -2.39. The molecule has 35 heavy (non-hydrogen) atoms. The molecule has 1 amide bonds. The minimum Gasteiger partial charge on any atom is -0.359 e. The predicted molar refractivity (Wildman–Crippen MR) is 139 cm³/mol. The van der Waals surface area contributed by atoms with E-state index in [9.17, 15) is 13.6 Å². The third-order valence-corrected chi connectivity index (χ3v) is 5.66. The maximum atomic E-state index is 14.4. The van der Waals surface area contributed by atoms with Crippen molar-refractivity contribution < 1.29 is 13.6 Å². The Kier molecular flexibility index (Phi) is 8.47. The van der Waals surface area contributed by atoms with E-state index in [1.165, 1.54) is 12.1 Å². The lowest BCUT2D eigenvalue weighted by Crippen LogP contribution is -2.53. The Balaban J connectivity index is 0.00000167. The molecule has 1 aliphatic heterocycles. The maximum Gasteiger partial charge on any atom is 0.226 e. The van der Waals surface area contributed by atoms with Gasteiger partial charge in [0.15, 0.2) is 5.82 Å². The molecule has 2 aromatic carbocycles. The number of amides is 1. The predicted octanol–water partition coefficient (Wildman–Crippen LogP) is 5.93. The van der Waals surface area contributed by atoms with Crippen LogP contribution < -0.4 is 10.2 Å². The Labute approximate surface area is 204 Å². The number of fused-ring (bicyclic) bond motifs is 1. The number of hydrogen-bond acceptors (Lipinski definition) is 4. The lowest BCUT2D eigenvalue weighted by molar-refractivity contribution is -0.125. The summed E-state index contributed by atoms with van der Waals surface area (Å²) in [5.74, 6) is -0.239. The molecule has 5 nitrogen and oxygen atoms in total. The van der Waals surface area contributed by atoms with Crippen LogP contribution in [0.5, 0.6) is 0 Å². The normalized spacial score (nSPS) is 13.9. The van der Waals surface area contributed by atoms with Gasteiger partial charge in [0.05, 0.1) is 11.4 Å². The first-order valence-corrected chi connectivity index (χ1v) is 11.6. The smallest absolute Gasteiger partial charge is 0.226 e. The molecule has 0 saturated carbocycles. The van der Waals surface area contributed by atoms with Gasteiger partial charge in [-0.15, -0.1) is 0 Å². The molecule has 0 spiro atoms. The third-order valence-electron chi connectivity index (χ3n) is 5.66. The molecule has 1 aromatic heterocycles. The molecule has 1 fully saturated rings. The Morgan fingerprint density at radius 2 is 1.89 bits per heavy atom. The number of allylic oxidation sites excluding steroid dienone is 5. The highest BCUT2D eigenvalue weighted by Gasteiger charge is 2.34. The summed E-state index contributed by atoms with van der Waals surface area (Å²) in [4.78, 5) is 23.5. The van der Waals surface area contributed by atoms with Crippen LogP contribution in [0, 0.1) is 17.6 Å². The second-order valence-corrected chi connectivity index (χ2v) is 7.79. The summed E-state index contributed by atoms with van der Waals surface area (Å²) in [6.45, 7) is 10.8. The van der Waals surface area contributed by atoms with Crippen molar-refractivity contribution in [3.05, 3.63) is 84.7 Å². The van der Waals surface area contributed by atoms with Gasteiger partial charge in [-0.2, -0.15) is 0 Å². The zero-order valence-corrected chi connectivity index (χ0v) is 20.5. The van der Waals surface area contributed by atoms with E-state index in [2.05, 4.69) is 11.9 Å². The van der Waals surface area contributed by atoms with Gasteiger partial charge in [-0.25, -0.2) is 18.7 Å². The molecule has 0 radical (unpaired) electrons. The maximum absolute atomic E-state index is 14.4. The molecule has 4 rings (SSSR count). The number of carbonyl (C=O) groups excluding carboxylic acids is 1. The molecule has 1 saturated heterocycles. The van der Waals surface area contributed by atoms with Crippen LogP contribution in [0.2, 0.25) is 0 Å². The first-order chi connectivity index (χ1) is 16.9. The van der Waals surface area contributed by atoms with Crippen molar-refractivity contribution in [1.82, 2.24) is 15.3 Å². The van der Waals surface area contributed by atoms with E-state index in [-0.39, 0.29) is 11.8 Å². The minimum absolute atomic E-state index is 0.0151. The Bertz CT molecular complexity index is 1290. The van der Waals surface area contributed by atoms with Crippen molar-refractivity contribution in [3.8, 4) is 11.1 Å². The number of nitrogens with zero attached hydrogens (tertiary/aromatic N) is 3. The van der Waals surface area contributed by atoms with E-state index >= 15 is 0 Å². The van der Waals surface area contributed by atoms with Gasteiger partial charge < -0.3 is 10.2 Å². The fourth-order valence-corrected chi connectivity index (χ4v) is 3.83. The van der Waals surface area contributed by atoms with E-state index in [1.54, 1.807) is 31.3 Å². The topological polar surface area (TPSA) is 58.1 Å². The van der Waals surface area contributed by atoms with Gasteiger partial charge in [-0.05, 0) is 36.8 Å². The molecule has 0 unspecified atom stereocenters. The molecular formula is C28H30F2N4O. The number of carbonyl (C=O) groups is 1. The minimum atomic E-state index is -0.639. The standard InChI is InChI=1S/C26H24F2N4O.C2H6/c1-4-6-7-16(5-2)24-30-23-11-8-17(20-10-9-19(27)13-22(20)28)12-21(23)25(31-24)32-14-18(15-32)26(33)29-3;1-2/h4-13,18H,2,14-15H2,1,3H3,(H,29,33);1-2H3/b6-4-,16-7+;. The van der Waals surface area contributed by atoms with Crippen LogP contribution in [0.25, 0.3) is 27.6 Å². The molecule has 182 valence electrons. The van der Waals surface area contributed by atoms with Crippen LogP contribution in [0.3, 0.4) is 0 Å². The molecule has 2 heterocycles. The van der Waals surface area contributed by atoms with Crippen LogP contribution in [0.15, 0.2) is 67.3 Å². The summed E-state index contributed by atoms with van der Waals surface area (Å²) in [5, 5.41) is 3.41. The van der Waals surface area contributed by atoms with Gasteiger partial charge in [0, 0.05) is 42.7 Å². The zero-order chi connectivity index (χ0) is 25.5. The first-order valence-electron chi connectivity index (χ1n) is 11.6. The number of aromatic nitrogens is 2. The summed E-state index contributed by atoms with van der Waals surface area (Å²) in [5.41, 5.74) is 2.32. The van der Waals surface area contributed by atoms with Gasteiger partial charge >= 0.3 is 0 Å². The van der Waals surface area contributed by atoms with Crippen LogP contribution in [-0.4, -0.2) is 36.0 Å². The van der Waals surface area contributed by atoms with Crippen LogP contribution in [0.4, 0.5) is 14.6 Å². The second-order valence-electron chi connectivity index (χ2n) is 7.79. The van der Waals surface area contributed by atoms with Crippen molar-refractivity contribution in [3.63, 3.8) is 0 Å².